The maximum absolute atomic E-state index is 12.7. The van der Waals surface area contributed by atoms with Crippen molar-refractivity contribution in [3.8, 4) is 22.3 Å². The fourth-order valence-corrected chi connectivity index (χ4v) is 14.2. The Morgan fingerprint density at radius 2 is 0.690 bits per heavy atom. The highest BCUT2D eigenvalue weighted by Crippen LogP contribution is 2.54. The molecule has 16 rings (SSSR count). The largest absolute Gasteiger partial charge is 0.465 e. The van der Waals surface area contributed by atoms with Crippen LogP contribution in [-0.4, -0.2) is 18.2 Å². The molecule has 0 saturated heterocycles. The molecule has 0 radical (unpaired) electrons. The van der Waals surface area contributed by atoms with E-state index in [1.165, 1.54) is 116 Å². The second-order valence-corrected chi connectivity index (χ2v) is 24.6. The van der Waals surface area contributed by atoms with Crippen LogP contribution in [0.25, 0.3) is 108 Å². The number of ether oxygens (including phenoxy) is 1. The van der Waals surface area contributed by atoms with Crippen LogP contribution >= 0.6 is 0 Å². The number of hydrogen-bond donors (Lipinski definition) is 3. The third-order valence-corrected chi connectivity index (χ3v) is 18.5. The Hall–Kier alpha value is -9.81. The molecule has 0 atom stereocenters. The van der Waals surface area contributed by atoms with Gasteiger partial charge in [0.25, 0.3) is 0 Å². The van der Waals surface area contributed by atoms with E-state index in [0.717, 1.165) is 49.9 Å². The second-order valence-electron chi connectivity index (χ2n) is 24.6. The highest BCUT2D eigenvalue weighted by atomic mass is 16.5. The van der Waals surface area contributed by atoms with Gasteiger partial charge in [0.2, 0.25) is 0 Å². The van der Waals surface area contributed by atoms with Crippen LogP contribution in [0, 0.1) is 0 Å². The lowest BCUT2D eigenvalue weighted by Gasteiger charge is -2.25. The zero-order valence-electron chi connectivity index (χ0n) is 48.2. The Labute approximate surface area is 488 Å². The molecule has 0 unspecified atom stereocenters. The standard InChI is InChI=1S/C40H33NO.C39H29NO2/c1-39(2)35-21-26(41-38-20-25-12-6-5-11-24(25)19-37(38)40(3,4)42)17-18-31(35)34-22-32-29-15-9-7-13-27(29)28-14-8-10-16-30(28)33(32)23-36(34)39;1-39(2)35-20-25(40-37-19-24-11-5-4-10-23(24)18-34(37)38(41)42-3)16-17-30(35)33-21-31-28-14-8-6-12-26(28)27-13-7-9-15-29(27)32(31)22-36(33)39/h5-23,41-42H,1-4H3;4-22,40H,1-3H3. The highest BCUT2D eigenvalue weighted by Gasteiger charge is 2.38. The summed E-state index contributed by atoms with van der Waals surface area (Å²) >= 11 is 0. The molecule has 0 heterocycles. The molecule has 406 valence electrons. The quantitative estimate of drug-likeness (QED) is 0.114. The molecule has 3 N–H and O–H groups in total. The first-order chi connectivity index (χ1) is 40.6. The Kier molecular flexibility index (Phi) is 11.5. The van der Waals surface area contributed by atoms with Crippen molar-refractivity contribution in [2.24, 2.45) is 0 Å². The summed E-state index contributed by atoms with van der Waals surface area (Å²) in [6.45, 7) is 13.0. The summed E-state index contributed by atoms with van der Waals surface area (Å²) in [5.74, 6) is -0.358. The van der Waals surface area contributed by atoms with Crippen LogP contribution in [0.3, 0.4) is 0 Å². The molecule has 0 spiro atoms. The molecule has 0 saturated carbocycles. The first-order valence-electron chi connectivity index (χ1n) is 29.1. The van der Waals surface area contributed by atoms with Crippen molar-refractivity contribution >= 4 is 115 Å². The van der Waals surface area contributed by atoms with E-state index in [4.69, 9.17) is 4.74 Å². The van der Waals surface area contributed by atoms with E-state index in [0.29, 0.717) is 5.56 Å². The van der Waals surface area contributed by atoms with Gasteiger partial charge in [-0.15, -0.1) is 0 Å². The SMILES string of the molecule is CC(C)(O)c1cc2ccccc2cc1Nc1ccc2c(c1)C(C)(C)c1cc3c4ccccc4c4ccccc4c3cc1-2.COC(=O)c1cc2ccccc2cc1Nc1ccc2c(c1)C(C)(C)c1cc3c4ccccc4c4ccccc4c3cc1-2. The second kappa shape index (κ2) is 18.9. The van der Waals surface area contributed by atoms with Gasteiger partial charge in [0.05, 0.1) is 24.0 Å². The Bertz CT molecular complexity index is 5140. The Morgan fingerprint density at radius 3 is 1.08 bits per heavy atom. The fraction of sp³-hybridized carbons (Fsp3) is 0.127. The van der Waals surface area contributed by atoms with Crippen LogP contribution < -0.4 is 10.6 Å². The summed E-state index contributed by atoms with van der Waals surface area (Å²) in [6.07, 6.45) is 0. The van der Waals surface area contributed by atoms with E-state index in [1.807, 2.05) is 50.2 Å². The van der Waals surface area contributed by atoms with Crippen molar-refractivity contribution in [1.82, 2.24) is 0 Å². The van der Waals surface area contributed by atoms with Crippen LogP contribution in [0.2, 0.25) is 0 Å². The van der Waals surface area contributed by atoms with Crippen molar-refractivity contribution in [1.29, 1.82) is 0 Å². The number of fused-ring (bicyclic) bond motifs is 20. The number of carbonyl (C=O) groups excluding carboxylic acids is 1. The number of esters is 1. The molecular weight excluding hydrogens is 1020 g/mol. The van der Waals surface area contributed by atoms with Gasteiger partial charge in [-0.1, -0.05) is 185 Å². The maximum Gasteiger partial charge on any atom is 0.339 e. The zero-order chi connectivity index (χ0) is 57.4. The van der Waals surface area contributed by atoms with Gasteiger partial charge in [0, 0.05) is 33.5 Å². The summed E-state index contributed by atoms with van der Waals surface area (Å²) in [5, 5.41) is 38.2. The topological polar surface area (TPSA) is 70.6 Å². The van der Waals surface area contributed by atoms with Gasteiger partial charge >= 0.3 is 5.97 Å². The van der Waals surface area contributed by atoms with Gasteiger partial charge < -0.3 is 20.5 Å². The van der Waals surface area contributed by atoms with Gasteiger partial charge in [-0.25, -0.2) is 4.79 Å². The minimum absolute atomic E-state index is 0.161. The molecule has 2 aliphatic rings. The lowest BCUT2D eigenvalue weighted by Crippen LogP contribution is -2.18. The van der Waals surface area contributed by atoms with E-state index >= 15 is 0 Å². The average molecular weight is 1090 g/mol. The number of aliphatic hydroxyl groups is 1. The van der Waals surface area contributed by atoms with Gasteiger partial charge in [0.1, 0.15) is 0 Å². The van der Waals surface area contributed by atoms with E-state index in [9.17, 15) is 9.90 Å². The first-order valence-corrected chi connectivity index (χ1v) is 29.1. The van der Waals surface area contributed by atoms with Crippen molar-refractivity contribution in [2.75, 3.05) is 17.7 Å². The molecule has 0 bridgehead atoms. The summed E-state index contributed by atoms with van der Waals surface area (Å²) in [5.41, 5.74) is 14.1. The van der Waals surface area contributed by atoms with Crippen molar-refractivity contribution in [3.05, 3.63) is 264 Å². The number of carbonyl (C=O) groups is 1. The van der Waals surface area contributed by atoms with Crippen LogP contribution in [0.5, 0.6) is 0 Å². The van der Waals surface area contributed by atoms with Gasteiger partial charge in [0.15, 0.2) is 0 Å². The zero-order valence-corrected chi connectivity index (χ0v) is 48.2. The van der Waals surface area contributed by atoms with E-state index in [-0.39, 0.29) is 16.8 Å². The Balaban J connectivity index is 0.000000143. The average Bonchev–Trinajstić information content (AvgIpc) is 2.49. The van der Waals surface area contributed by atoms with Crippen molar-refractivity contribution in [2.45, 2.75) is 58.0 Å². The molecule has 5 heteroatoms. The minimum atomic E-state index is -0.982. The van der Waals surface area contributed by atoms with Crippen LogP contribution in [0.4, 0.5) is 22.7 Å². The fourth-order valence-electron chi connectivity index (χ4n) is 14.2. The van der Waals surface area contributed by atoms with Crippen LogP contribution in [0.15, 0.2) is 231 Å². The monoisotopic (exact) mass is 1090 g/mol. The van der Waals surface area contributed by atoms with Crippen molar-refractivity contribution < 1.29 is 14.6 Å². The van der Waals surface area contributed by atoms with Gasteiger partial charge in [-0.2, -0.15) is 0 Å². The van der Waals surface area contributed by atoms with Crippen molar-refractivity contribution in [3.63, 3.8) is 0 Å². The lowest BCUT2D eigenvalue weighted by molar-refractivity contribution is 0.0601. The van der Waals surface area contributed by atoms with Gasteiger partial charge in [-0.05, 0) is 217 Å². The Morgan fingerprint density at radius 1 is 0.369 bits per heavy atom. The molecular formula is C79H62N2O3. The van der Waals surface area contributed by atoms with Crippen LogP contribution in [0.1, 0.15) is 79.7 Å². The molecule has 2 aliphatic carbocycles. The number of methoxy groups -OCH3 is 1. The molecule has 0 aromatic heterocycles. The summed E-state index contributed by atoms with van der Waals surface area (Å²) in [6, 6.07) is 82.6. The van der Waals surface area contributed by atoms with Crippen LogP contribution in [-0.2, 0) is 21.2 Å². The lowest BCUT2D eigenvalue weighted by atomic mass is 9.81. The molecule has 0 amide bonds. The molecule has 84 heavy (non-hydrogen) atoms. The smallest absolute Gasteiger partial charge is 0.339 e. The normalized spacial score (nSPS) is 13.7. The minimum Gasteiger partial charge on any atom is -0.465 e. The number of hydrogen-bond acceptors (Lipinski definition) is 5. The summed E-state index contributed by atoms with van der Waals surface area (Å²) in [7, 11) is 1.42. The number of rotatable bonds is 6. The number of nitrogens with one attached hydrogen (secondary N) is 2. The van der Waals surface area contributed by atoms with E-state index in [2.05, 4.69) is 232 Å². The maximum atomic E-state index is 12.7. The number of benzene rings is 14. The molecule has 0 fully saturated rings. The molecule has 14 aromatic carbocycles. The third-order valence-electron chi connectivity index (χ3n) is 18.5. The van der Waals surface area contributed by atoms with E-state index < -0.39 is 5.60 Å². The highest BCUT2D eigenvalue weighted by molar-refractivity contribution is 6.27. The predicted molar refractivity (Wildman–Crippen MR) is 354 cm³/mol. The van der Waals surface area contributed by atoms with E-state index in [1.54, 1.807) is 0 Å². The first kappa shape index (κ1) is 51.1. The molecule has 14 aromatic rings. The van der Waals surface area contributed by atoms with Gasteiger partial charge in [-0.3, -0.25) is 0 Å². The third kappa shape index (κ3) is 7.97. The predicted octanol–water partition coefficient (Wildman–Crippen LogP) is 20.7. The summed E-state index contributed by atoms with van der Waals surface area (Å²) in [4.78, 5) is 12.7. The molecule has 0 aliphatic heterocycles. The summed E-state index contributed by atoms with van der Waals surface area (Å²) < 4.78 is 5.13. The number of anilines is 4. The molecule has 5 nitrogen and oxygen atoms in total.